The molecule has 19 heavy (non-hydrogen) atoms. The third-order valence-electron chi connectivity index (χ3n) is 2.39. The maximum absolute atomic E-state index is 11.9. The van der Waals surface area contributed by atoms with Crippen LogP contribution in [0.25, 0.3) is 0 Å². The molecule has 2 aromatic rings. The molecule has 4 N–H and O–H groups in total. The molecule has 0 spiro atoms. The molecule has 1 amide bonds. The first-order valence-electron chi connectivity index (χ1n) is 5.41. The smallest absolute Gasteiger partial charge is 0.335 e. The van der Waals surface area contributed by atoms with Gasteiger partial charge in [-0.3, -0.25) is 9.78 Å². The van der Waals surface area contributed by atoms with E-state index in [4.69, 9.17) is 10.8 Å². The van der Waals surface area contributed by atoms with Gasteiger partial charge < -0.3 is 16.2 Å². The van der Waals surface area contributed by atoms with Crippen molar-refractivity contribution in [2.24, 2.45) is 0 Å². The van der Waals surface area contributed by atoms with Crippen molar-refractivity contribution in [2.45, 2.75) is 0 Å². The lowest BCUT2D eigenvalue weighted by molar-refractivity contribution is 0.0696. The molecule has 0 aliphatic carbocycles. The fourth-order valence-corrected chi connectivity index (χ4v) is 1.52. The molecule has 96 valence electrons. The first kappa shape index (κ1) is 12.6. The predicted molar refractivity (Wildman–Crippen MR) is 70.0 cm³/mol. The van der Waals surface area contributed by atoms with Gasteiger partial charge in [0.05, 0.1) is 16.8 Å². The highest BCUT2D eigenvalue weighted by molar-refractivity contribution is 6.05. The molecule has 0 bridgehead atoms. The molecule has 1 aromatic heterocycles. The number of hydrogen-bond donors (Lipinski definition) is 3. The molecule has 0 fully saturated rings. The highest BCUT2D eigenvalue weighted by atomic mass is 16.4. The predicted octanol–water partition coefficient (Wildman–Crippen LogP) is 1.61. The Balaban J connectivity index is 2.19. The average Bonchev–Trinajstić information content (AvgIpc) is 2.39. The zero-order chi connectivity index (χ0) is 13.8. The summed E-state index contributed by atoms with van der Waals surface area (Å²) in [6.07, 6.45) is 2.81. The summed E-state index contributed by atoms with van der Waals surface area (Å²) in [6, 6.07) is 7.46. The van der Waals surface area contributed by atoms with Crippen molar-refractivity contribution >= 4 is 23.3 Å². The van der Waals surface area contributed by atoms with Gasteiger partial charge in [-0.15, -0.1) is 0 Å². The van der Waals surface area contributed by atoms with Crippen LogP contribution in [0.2, 0.25) is 0 Å². The number of nitrogen functional groups attached to an aromatic ring is 1. The Kier molecular flexibility index (Phi) is 3.42. The summed E-state index contributed by atoms with van der Waals surface area (Å²) >= 11 is 0. The summed E-state index contributed by atoms with van der Waals surface area (Å²) < 4.78 is 0. The van der Waals surface area contributed by atoms with E-state index in [1.807, 2.05) is 0 Å². The Morgan fingerprint density at radius 2 is 1.95 bits per heavy atom. The molecule has 6 heteroatoms. The van der Waals surface area contributed by atoms with Gasteiger partial charge in [-0.1, -0.05) is 6.07 Å². The number of nitrogens with zero attached hydrogens (tertiary/aromatic N) is 1. The quantitative estimate of drug-likeness (QED) is 0.774. The SMILES string of the molecule is Nc1cncc(C(=O)Nc2cccc(C(=O)O)c2)c1. The van der Waals surface area contributed by atoms with Crippen LogP contribution in [-0.4, -0.2) is 22.0 Å². The van der Waals surface area contributed by atoms with Crippen molar-refractivity contribution in [3.8, 4) is 0 Å². The number of carboxylic acid groups (broad SMARTS) is 1. The van der Waals surface area contributed by atoms with Gasteiger partial charge in [0.1, 0.15) is 0 Å². The Morgan fingerprint density at radius 1 is 1.16 bits per heavy atom. The van der Waals surface area contributed by atoms with Crippen LogP contribution < -0.4 is 11.1 Å². The van der Waals surface area contributed by atoms with Crippen LogP contribution in [0, 0.1) is 0 Å². The first-order chi connectivity index (χ1) is 9.06. The molecule has 0 saturated heterocycles. The number of amides is 1. The van der Waals surface area contributed by atoms with Gasteiger partial charge in [0, 0.05) is 18.1 Å². The topological polar surface area (TPSA) is 105 Å². The number of aromatic carboxylic acids is 1. The normalized spacial score (nSPS) is 9.89. The standard InChI is InChI=1S/C13H11N3O3/c14-10-4-9(6-15-7-10)12(17)16-11-3-1-2-8(5-11)13(18)19/h1-7H,14H2,(H,16,17)(H,18,19). The maximum atomic E-state index is 11.9. The van der Waals surface area contributed by atoms with E-state index in [0.717, 1.165) is 0 Å². The van der Waals surface area contributed by atoms with Gasteiger partial charge >= 0.3 is 5.97 Å². The molecule has 0 radical (unpaired) electrons. The minimum atomic E-state index is -1.05. The van der Waals surface area contributed by atoms with Gasteiger partial charge in [-0.05, 0) is 24.3 Å². The van der Waals surface area contributed by atoms with Crippen molar-refractivity contribution in [3.05, 3.63) is 53.9 Å². The number of rotatable bonds is 3. The van der Waals surface area contributed by atoms with Gasteiger partial charge in [0.2, 0.25) is 0 Å². The molecule has 0 aliphatic heterocycles. The number of carbonyl (C=O) groups excluding carboxylic acids is 1. The monoisotopic (exact) mass is 257 g/mol. The van der Waals surface area contributed by atoms with E-state index < -0.39 is 11.9 Å². The minimum Gasteiger partial charge on any atom is -0.478 e. The Labute approximate surface area is 108 Å². The number of carboxylic acids is 1. The second-order valence-corrected chi connectivity index (χ2v) is 3.85. The second-order valence-electron chi connectivity index (χ2n) is 3.85. The Hall–Kier alpha value is -2.89. The Morgan fingerprint density at radius 3 is 2.63 bits per heavy atom. The van der Waals surface area contributed by atoms with E-state index in [9.17, 15) is 9.59 Å². The number of nitrogens with two attached hydrogens (primary N) is 1. The number of anilines is 2. The van der Waals surface area contributed by atoms with Crippen molar-refractivity contribution in [1.29, 1.82) is 0 Å². The van der Waals surface area contributed by atoms with Crippen LogP contribution in [0.3, 0.4) is 0 Å². The Bertz CT molecular complexity index is 641. The van der Waals surface area contributed by atoms with E-state index in [2.05, 4.69) is 10.3 Å². The van der Waals surface area contributed by atoms with E-state index in [-0.39, 0.29) is 5.56 Å². The van der Waals surface area contributed by atoms with Crippen molar-refractivity contribution < 1.29 is 14.7 Å². The lowest BCUT2D eigenvalue weighted by Gasteiger charge is -2.06. The number of nitrogens with one attached hydrogen (secondary N) is 1. The summed E-state index contributed by atoms with van der Waals surface area (Å²) in [5.41, 5.74) is 6.72. The fourth-order valence-electron chi connectivity index (χ4n) is 1.52. The number of aromatic nitrogens is 1. The van der Waals surface area contributed by atoms with E-state index >= 15 is 0 Å². The lowest BCUT2D eigenvalue weighted by atomic mass is 10.2. The summed E-state index contributed by atoms with van der Waals surface area (Å²) in [5.74, 6) is -1.45. The molecule has 0 atom stereocenters. The molecule has 0 aliphatic rings. The highest BCUT2D eigenvalue weighted by Gasteiger charge is 2.08. The van der Waals surface area contributed by atoms with Crippen LogP contribution in [-0.2, 0) is 0 Å². The summed E-state index contributed by atoms with van der Waals surface area (Å²) in [7, 11) is 0. The largest absolute Gasteiger partial charge is 0.478 e. The fraction of sp³-hybridized carbons (Fsp3) is 0. The molecule has 6 nitrogen and oxygen atoms in total. The number of hydrogen-bond acceptors (Lipinski definition) is 4. The zero-order valence-electron chi connectivity index (χ0n) is 9.83. The highest BCUT2D eigenvalue weighted by Crippen LogP contribution is 2.13. The summed E-state index contributed by atoms with van der Waals surface area (Å²) in [5, 5.41) is 11.4. The van der Waals surface area contributed by atoms with Crippen molar-refractivity contribution in [3.63, 3.8) is 0 Å². The first-order valence-corrected chi connectivity index (χ1v) is 5.41. The second kappa shape index (κ2) is 5.18. The van der Waals surface area contributed by atoms with Crippen LogP contribution in [0.1, 0.15) is 20.7 Å². The number of carbonyl (C=O) groups is 2. The molecule has 0 unspecified atom stereocenters. The molecule has 1 aromatic carbocycles. The van der Waals surface area contributed by atoms with Crippen LogP contribution in [0.15, 0.2) is 42.7 Å². The van der Waals surface area contributed by atoms with E-state index in [1.165, 1.54) is 30.6 Å². The van der Waals surface area contributed by atoms with E-state index in [1.54, 1.807) is 12.1 Å². The van der Waals surface area contributed by atoms with Crippen LogP contribution in [0.4, 0.5) is 11.4 Å². The minimum absolute atomic E-state index is 0.100. The maximum Gasteiger partial charge on any atom is 0.335 e. The molecule has 0 saturated carbocycles. The van der Waals surface area contributed by atoms with Crippen molar-refractivity contribution in [1.82, 2.24) is 4.98 Å². The zero-order valence-corrected chi connectivity index (χ0v) is 9.83. The third kappa shape index (κ3) is 3.06. The third-order valence-corrected chi connectivity index (χ3v) is 2.39. The van der Waals surface area contributed by atoms with Gasteiger partial charge in [-0.2, -0.15) is 0 Å². The number of pyridine rings is 1. The molecule has 2 rings (SSSR count). The van der Waals surface area contributed by atoms with Gasteiger partial charge in [0.15, 0.2) is 0 Å². The summed E-state index contributed by atoms with van der Waals surface area (Å²) in [4.78, 5) is 26.5. The molecule has 1 heterocycles. The average molecular weight is 257 g/mol. The summed E-state index contributed by atoms with van der Waals surface area (Å²) in [6.45, 7) is 0. The van der Waals surface area contributed by atoms with Crippen LogP contribution >= 0.6 is 0 Å². The lowest BCUT2D eigenvalue weighted by Crippen LogP contribution is -2.13. The number of benzene rings is 1. The van der Waals surface area contributed by atoms with Gasteiger partial charge in [-0.25, -0.2) is 4.79 Å². The van der Waals surface area contributed by atoms with Crippen LogP contribution in [0.5, 0.6) is 0 Å². The van der Waals surface area contributed by atoms with Gasteiger partial charge in [0.25, 0.3) is 5.91 Å². The van der Waals surface area contributed by atoms with E-state index in [0.29, 0.717) is 16.9 Å². The molecular weight excluding hydrogens is 246 g/mol. The molecular formula is C13H11N3O3. The van der Waals surface area contributed by atoms with Crippen molar-refractivity contribution in [2.75, 3.05) is 11.1 Å².